The molecule has 0 aliphatic carbocycles. The lowest BCUT2D eigenvalue weighted by Gasteiger charge is -2.12. The van der Waals surface area contributed by atoms with Crippen LogP contribution in [-0.2, 0) is 6.61 Å². The lowest BCUT2D eigenvalue weighted by atomic mass is 10.0. The number of benzene rings is 3. The Labute approximate surface area is 144 Å². The van der Waals surface area contributed by atoms with Crippen molar-refractivity contribution in [3.63, 3.8) is 0 Å². The maximum absolute atomic E-state index is 13.8. The zero-order chi connectivity index (χ0) is 17.6. The SMILES string of the molecule is N#CC(C#N)=Cc1c(OCc2ccccc2F)ccc2ccccc12. The molecule has 0 unspecified atom stereocenters. The van der Waals surface area contributed by atoms with Crippen molar-refractivity contribution in [2.75, 3.05) is 0 Å². The molecule has 0 aliphatic rings. The van der Waals surface area contributed by atoms with Gasteiger partial charge in [-0.1, -0.05) is 48.5 Å². The molecule has 0 aliphatic heterocycles. The predicted octanol–water partition coefficient (Wildman–Crippen LogP) is 4.99. The fourth-order valence-electron chi connectivity index (χ4n) is 2.56. The van der Waals surface area contributed by atoms with Crippen LogP contribution in [0.1, 0.15) is 11.1 Å². The van der Waals surface area contributed by atoms with E-state index in [0.29, 0.717) is 16.9 Å². The van der Waals surface area contributed by atoms with Crippen LogP contribution in [0.2, 0.25) is 0 Å². The van der Waals surface area contributed by atoms with E-state index in [1.807, 2.05) is 42.5 Å². The highest BCUT2D eigenvalue weighted by Crippen LogP contribution is 2.31. The van der Waals surface area contributed by atoms with Gasteiger partial charge in [0.15, 0.2) is 0 Å². The van der Waals surface area contributed by atoms with Crippen LogP contribution in [0.25, 0.3) is 16.8 Å². The van der Waals surface area contributed by atoms with Gasteiger partial charge in [0, 0.05) is 11.1 Å². The average Bonchev–Trinajstić information content (AvgIpc) is 2.66. The number of nitriles is 2. The number of fused-ring (bicyclic) bond motifs is 1. The Kier molecular flexibility index (Phi) is 4.74. The second-order valence-corrected chi connectivity index (χ2v) is 5.36. The number of hydrogen-bond donors (Lipinski definition) is 0. The third kappa shape index (κ3) is 3.49. The summed E-state index contributed by atoms with van der Waals surface area (Å²) in [6.45, 7) is 0.0558. The van der Waals surface area contributed by atoms with Crippen LogP contribution in [-0.4, -0.2) is 0 Å². The molecule has 0 saturated carbocycles. The van der Waals surface area contributed by atoms with Crippen LogP contribution in [0.15, 0.2) is 66.2 Å². The maximum atomic E-state index is 13.8. The Morgan fingerprint density at radius 3 is 2.44 bits per heavy atom. The molecule has 0 aromatic heterocycles. The number of nitrogens with zero attached hydrogens (tertiary/aromatic N) is 2. The van der Waals surface area contributed by atoms with E-state index in [2.05, 4.69) is 0 Å². The molecule has 0 atom stereocenters. The second kappa shape index (κ2) is 7.29. The molecular weight excluding hydrogens is 315 g/mol. The van der Waals surface area contributed by atoms with Crippen molar-refractivity contribution in [2.24, 2.45) is 0 Å². The summed E-state index contributed by atoms with van der Waals surface area (Å²) in [5.74, 6) is 0.153. The summed E-state index contributed by atoms with van der Waals surface area (Å²) in [7, 11) is 0. The molecule has 0 spiro atoms. The van der Waals surface area contributed by atoms with Crippen LogP contribution in [0.5, 0.6) is 5.75 Å². The van der Waals surface area contributed by atoms with Crippen molar-refractivity contribution in [2.45, 2.75) is 6.61 Å². The molecule has 0 fully saturated rings. The minimum atomic E-state index is -0.338. The van der Waals surface area contributed by atoms with Gasteiger partial charge < -0.3 is 4.74 Å². The lowest BCUT2D eigenvalue weighted by Crippen LogP contribution is -2.00. The van der Waals surface area contributed by atoms with Gasteiger partial charge in [-0.2, -0.15) is 10.5 Å². The molecule has 3 rings (SSSR count). The average molecular weight is 328 g/mol. The molecule has 0 N–H and O–H groups in total. The number of ether oxygens (including phenoxy) is 1. The molecule has 0 heterocycles. The molecule has 120 valence electrons. The molecule has 3 aromatic rings. The second-order valence-electron chi connectivity index (χ2n) is 5.36. The Morgan fingerprint density at radius 1 is 0.960 bits per heavy atom. The first-order valence-electron chi connectivity index (χ1n) is 7.63. The molecular formula is C21H13FN2O. The van der Waals surface area contributed by atoms with E-state index >= 15 is 0 Å². The van der Waals surface area contributed by atoms with Crippen molar-refractivity contribution >= 4 is 16.8 Å². The monoisotopic (exact) mass is 328 g/mol. The Hall–Kier alpha value is -3.63. The van der Waals surface area contributed by atoms with E-state index in [4.69, 9.17) is 15.3 Å². The smallest absolute Gasteiger partial charge is 0.130 e. The van der Waals surface area contributed by atoms with Gasteiger partial charge in [0.1, 0.15) is 35.9 Å². The van der Waals surface area contributed by atoms with Crippen LogP contribution < -0.4 is 4.74 Å². The zero-order valence-electron chi connectivity index (χ0n) is 13.2. The number of rotatable bonds is 4. The largest absolute Gasteiger partial charge is 0.488 e. The van der Waals surface area contributed by atoms with Crippen molar-refractivity contribution in [3.8, 4) is 17.9 Å². The van der Waals surface area contributed by atoms with Crippen LogP contribution in [0, 0.1) is 28.5 Å². The summed E-state index contributed by atoms with van der Waals surface area (Å²) < 4.78 is 19.6. The van der Waals surface area contributed by atoms with Crippen molar-refractivity contribution in [3.05, 3.63) is 83.2 Å². The van der Waals surface area contributed by atoms with Crippen LogP contribution in [0.3, 0.4) is 0 Å². The van der Waals surface area contributed by atoms with Crippen molar-refractivity contribution in [1.82, 2.24) is 0 Å². The van der Waals surface area contributed by atoms with Gasteiger partial charge in [-0.25, -0.2) is 4.39 Å². The lowest BCUT2D eigenvalue weighted by molar-refractivity contribution is 0.299. The van der Waals surface area contributed by atoms with Gasteiger partial charge in [0.25, 0.3) is 0 Å². The highest BCUT2D eigenvalue weighted by Gasteiger charge is 2.10. The fraction of sp³-hybridized carbons (Fsp3) is 0.0476. The molecule has 0 bridgehead atoms. The first kappa shape index (κ1) is 16.2. The normalized spacial score (nSPS) is 9.88. The van der Waals surface area contributed by atoms with Crippen molar-refractivity contribution < 1.29 is 9.13 Å². The van der Waals surface area contributed by atoms with E-state index in [9.17, 15) is 4.39 Å². The Bertz CT molecular complexity index is 1030. The van der Waals surface area contributed by atoms with Gasteiger partial charge in [-0.15, -0.1) is 0 Å². The fourth-order valence-corrected chi connectivity index (χ4v) is 2.56. The molecule has 25 heavy (non-hydrogen) atoms. The molecule has 0 amide bonds. The summed E-state index contributed by atoms with van der Waals surface area (Å²) in [5.41, 5.74) is 1.05. The third-order valence-electron chi connectivity index (χ3n) is 3.80. The summed E-state index contributed by atoms with van der Waals surface area (Å²) >= 11 is 0. The topological polar surface area (TPSA) is 56.8 Å². The molecule has 0 radical (unpaired) electrons. The number of hydrogen-bond acceptors (Lipinski definition) is 3. The summed E-state index contributed by atoms with van der Waals surface area (Å²) in [4.78, 5) is 0. The summed E-state index contributed by atoms with van der Waals surface area (Å²) in [5, 5.41) is 19.9. The highest BCUT2D eigenvalue weighted by atomic mass is 19.1. The highest BCUT2D eigenvalue weighted by molar-refractivity contribution is 5.94. The minimum Gasteiger partial charge on any atom is -0.488 e. The Morgan fingerprint density at radius 2 is 1.68 bits per heavy atom. The maximum Gasteiger partial charge on any atom is 0.130 e. The van der Waals surface area contributed by atoms with E-state index in [1.54, 1.807) is 24.3 Å². The van der Waals surface area contributed by atoms with Crippen molar-refractivity contribution in [1.29, 1.82) is 10.5 Å². The molecule has 0 saturated heterocycles. The molecule has 3 nitrogen and oxygen atoms in total. The predicted molar refractivity (Wildman–Crippen MR) is 93.9 cm³/mol. The van der Waals surface area contributed by atoms with E-state index < -0.39 is 0 Å². The van der Waals surface area contributed by atoms with E-state index in [1.165, 1.54) is 12.1 Å². The first-order chi connectivity index (χ1) is 12.2. The minimum absolute atomic E-state index is 0.0212. The zero-order valence-corrected chi connectivity index (χ0v) is 13.2. The number of allylic oxidation sites excluding steroid dienone is 1. The quantitative estimate of drug-likeness (QED) is 0.634. The standard InChI is InChI=1S/C21H13FN2O/c22-20-8-4-2-6-17(20)14-25-21-10-9-16-5-1-3-7-18(16)19(21)11-15(12-23)13-24/h1-11H,14H2. The van der Waals surface area contributed by atoms with Crippen LogP contribution in [0.4, 0.5) is 4.39 Å². The van der Waals surface area contributed by atoms with E-state index in [0.717, 1.165) is 10.8 Å². The van der Waals surface area contributed by atoms with Crippen LogP contribution >= 0.6 is 0 Å². The molecule has 4 heteroatoms. The van der Waals surface area contributed by atoms with Gasteiger partial charge >= 0.3 is 0 Å². The van der Waals surface area contributed by atoms with E-state index in [-0.39, 0.29) is 18.0 Å². The van der Waals surface area contributed by atoms with Gasteiger partial charge in [-0.05, 0) is 29.0 Å². The summed E-state index contributed by atoms with van der Waals surface area (Å²) in [6, 6.07) is 21.4. The number of halogens is 1. The summed E-state index contributed by atoms with van der Waals surface area (Å²) in [6.07, 6.45) is 1.50. The molecule has 3 aromatic carbocycles. The first-order valence-corrected chi connectivity index (χ1v) is 7.63. The van der Waals surface area contributed by atoms with Gasteiger partial charge in [0.2, 0.25) is 0 Å². The Balaban J connectivity index is 2.06. The van der Waals surface area contributed by atoms with Gasteiger partial charge in [0.05, 0.1) is 0 Å². The third-order valence-corrected chi connectivity index (χ3v) is 3.80. The van der Waals surface area contributed by atoms with Gasteiger partial charge in [-0.3, -0.25) is 0 Å².